The Morgan fingerprint density at radius 1 is 1.00 bits per heavy atom. The molecule has 0 radical (unpaired) electrons. The maximum atomic E-state index is 13.6. The highest BCUT2D eigenvalue weighted by atomic mass is 19.4. The summed E-state index contributed by atoms with van der Waals surface area (Å²) in [5.41, 5.74) is 2.09. The third-order valence-electron chi connectivity index (χ3n) is 5.09. The van der Waals surface area contributed by atoms with Gasteiger partial charge in [0.25, 0.3) is 0 Å². The molecule has 0 aliphatic rings. The first-order chi connectivity index (χ1) is 14.2. The van der Waals surface area contributed by atoms with E-state index in [-0.39, 0.29) is 11.6 Å². The fraction of sp³-hybridized carbons (Fsp3) is 0.217. The second-order valence-corrected chi connectivity index (χ2v) is 7.56. The van der Waals surface area contributed by atoms with Crippen molar-refractivity contribution in [1.82, 2.24) is 14.5 Å². The maximum Gasteiger partial charge on any atom is 0.419 e. The molecule has 2 heterocycles. The van der Waals surface area contributed by atoms with Gasteiger partial charge in [-0.25, -0.2) is 9.97 Å². The van der Waals surface area contributed by atoms with Crippen LogP contribution in [0.15, 0.2) is 60.9 Å². The van der Waals surface area contributed by atoms with Gasteiger partial charge in [-0.05, 0) is 41.1 Å². The number of hydrogen-bond acceptors (Lipinski definition) is 3. The van der Waals surface area contributed by atoms with E-state index in [9.17, 15) is 13.2 Å². The van der Waals surface area contributed by atoms with Crippen LogP contribution in [0.5, 0.6) is 0 Å². The Hall–Kier alpha value is -3.35. The highest BCUT2D eigenvalue weighted by Crippen LogP contribution is 2.37. The number of nitrogens with zero attached hydrogens (tertiary/aromatic N) is 3. The predicted molar refractivity (Wildman–Crippen MR) is 113 cm³/mol. The molecule has 0 saturated heterocycles. The molecule has 30 heavy (non-hydrogen) atoms. The Bertz CT molecular complexity index is 1190. The van der Waals surface area contributed by atoms with Crippen LogP contribution in [0.1, 0.15) is 30.9 Å². The lowest BCUT2D eigenvalue weighted by Crippen LogP contribution is -2.11. The van der Waals surface area contributed by atoms with Crippen LogP contribution in [0.25, 0.3) is 22.2 Å². The van der Waals surface area contributed by atoms with Crippen molar-refractivity contribution in [3.63, 3.8) is 0 Å². The van der Waals surface area contributed by atoms with Crippen molar-refractivity contribution in [2.45, 2.75) is 25.9 Å². The third-order valence-corrected chi connectivity index (χ3v) is 5.09. The minimum Gasteiger partial charge on any atom is -0.351 e. The summed E-state index contributed by atoms with van der Waals surface area (Å²) in [4.78, 5) is 8.14. The molecule has 2 aromatic carbocycles. The Morgan fingerprint density at radius 2 is 1.73 bits per heavy atom. The first kappa shape index (κ1) is 19.9. The fourth-order valence-electron chi connectivity index (χ4n) is 3.36. The Balaban J connectivity index is 1.76. The second kappa shape index (κ2) is 7.48. The van der Waals surface area contributed by atoms with Crippen molar-refractivity contribution in [3.05, 3.63) is 72.1 Å². The van der Waals surface area contributed by atoms with E-state index in [1.807, 2.05) is 48.1 Å². The molecular weight excluding hydrogens is 389 g/mol. The largest absolute Gasteiger partial charge is 0.419 e. The summed E-state index contributed by atoms with van der Waals surface area (Å²) in [5, 5.41) is 3.96. The zero-order valence-corrected chi connectivity index (χ0v) is 16.8. The van der Waals surface area contributed by atoms with Crippen LogP contribution >= 0.6 is 0 Å². The Morgan fingerprint density at radius 3 is 2.40 bits per heavy atom. The fourth-order valence-corrected chi connectivity index (χ4v) is 3.36. The number of aryl methyl sites for hydroxylation is 1. The zero-order valence-electron chi connectivity index (χ0n) is 16.8. The lowest BCUT2D eigenvalue weighted by molar-refractivity contribution is -0.137. The molecule has 0 spiro atoms. The summed E-state index contributed by atoms with van der Waals surface area (Å²) < 4.78 is 42.8. The van der Waals surface area contributed by atoms with Gasteiger partial charge in [0.2, 0.25) is 5.95 Å². The predicted octanol–water partition coefficient (Wildman–Crippen LogP) is 6.52. The lowest BCUT2D eigenvalue weighted by Gasteiger charge is -2.14. The highest BCUT2D eigenvalue weighted by molar-refractivity contribution is 5.85. The molecular formula is C23H21F3N4. The summed E-state index contributed by atoms with van der Waals surface area (Å²) in [6, 6.07) is 14.8. The maximum absolute atomic E-state index is 13.6. The molecule has 0 atom stereocenters. The van der Waals surface area contributed by atoms with Crippen molar-refractivity contribution in [3.8, 4) is 11.3 Å². The third kappa shape index (κ3) is 3.87. The van der Waals surface area contributed by atoms with Gasteiger partial charge in [0.15, 0.2) is 0 Å². The van der Waals surface area contributed by atoms with Gasteiger partial charge < -0.3 is 9.88 Å². The molecule has 4 nitrogen and oxygen atoms in total. The molecule has 0 amide bonds. The first-order valence-electron chi connectivity index (χ1n) is 9.59. The van der Waals surface area contributed by atoms with Gasteiger partial charge in [-0.3, -0.25) is 0 Å². The molecule has 4 aromatic rings. The van der Waals surface area contributed by atoms with Gasteiger partial charge in [0, 0.05) is 36.2 Å². The number of hydrogen-bond donors (Lipinski definition) is 1. The van der Waals surface area contributed by atoms with E-state index in [0.29, 0.717) is 17.2 Å². The Labute approximate surface area is 172 Å². The van der Waals surface area contributed by atoms with E-state index in [1.165, 1.54) is 5.56 Å². The molecule has 0 saturated carbocycles. The van der Waals surface area contributed by atoms with Crippen LogP contribution in [-0.2, 0) is 13.2 Å². The van der Waals surface area contributed by atoms with Crippen LogP contribution in [-0.4, -0.2) is 14.5 Å². The van der Waals surface area contributed by atoms with Crippen molar-refractivity contribution in [1.29, 1.82) is 0 Å². The number of nitrogens with one attached hydrogen (secondary N) is 1. The number of benzene rings is 2. The second-order valence-electron chi connectivity index (χ2n) is 7.56. The van der Waals surface area contributed by atoms with E-state index in [0.717, 1.165) is 17.1 Å². The molecule has 4 rings (SSSR count). The quantitative estimate of drug-likeness (QED) is 0.416. The number of alkyl halides is 3. The van der Waals surface area contributed by atoms with Gasteiger partial charge in [-0.1, -0.05) is 38.1 Å². The smallest absolute Gasteiger partial charge is 0.351 e. The van der Waals surface area contributed by atoms with E-state index in [2.05, 4.69) is 29.1 Å². The van der Waals surface area contributed by atoms with Crippen LogP contribution in [0, 0.1) is 0 Å². The average Bonchev–Trinajstić information content (AvgIpc) is 3.08. The van der Waals surface area contributed by atoms with Crippen LogP contribution in [0.2, 0.25) is 0 Å². The molecule has 0 bridgehead atoms. The van der Waals surface area contributed by atoms with Crippen molar-refractivity contribution >= 4 is 22.5 Å². The zero-order chi connectivity index (χ0) is 21.5. The van der Waals surface area contributed by atoms with E-state index >= 15 is 0 Å². The molecule has 0 fully saturated rings. The monoisotopic (exact) mass is 410 g/mol. The highest BCUT2D eigenvalue weighted by Gasteiger charge is 2.35. The molecule has 0 aliphatic heterocycles. The van der Waals surface area contributed by atoms with Crippen molar-refractivity contribution < 1.29 is 13.2 Å². The number of anilines is 2. The number of fused-ring (bicyclic) bond motifs is 1. The Kier molecular flexibility index (Phi) is 4.97. The molecule has 1 N–H and O–H groups in total. The minimum atomic E-state index is -4.56. The van der Waals surface area contributed by atoms with Crippen LogP contribution in [0.3, 0.4) is 0 Å². The van der Waals surface area contributed by atoms with Gasteiger partial charge in [-0.2, -0.15) is 13.2 Å². The van der Waals surface area contributed by atoms with E-state index in [1.54, 1.807) is 18.2 Å². The van der Waals surface area contributed by atoms with E-state index < -0.39 is 11.7 Å². The van der Waals surface area contributed by atoms with Gasteiger partial charge in [-0.15, -0.1) is 0 Å². The molecule has 154 valence electrons. The lowest BCUT2D eigenvalue weighted by atomic mass is 10.0. The summed E-state index contributed by atoms with van der Waals surface area (Å²) in [5.74, 6) is 0.502. The van der Waals surface area contributed by atoms with Gasteiger partial charge in [0.05, 0.1) is 5.69 Å². The van der Waals surface area contributed by atoms with Crippen LogP contribution < -0.4 is 5.32 Å². The van der Waals surface area contributed by atoms with Crippen LogP contribution in [0.4, 0.5) is 24.8 Å². The van der Waals surface area contributed by atoms with Gasteiger partial charge >= 0.3 is 6.18 Å². The average molecular weight is 410 g/mol. The normalized spacial score (nSPS) is 12.0. The number of rotatable bonds is 4. The molecule has 0 aliphatic carbocycles. The number of aromatic nitrogens is 3. The first-order valence-corrected chi connectivity index (χ1v) is 9.59. The summed E-state index contributed by atoms with van der Waals surface area (Å²) in [6.07, 6.45) is -1.86. The standard InChI is InChI=1S/C23H21F3N4/c1-14(2)15-6-8-18(9-7-15)28-22-27-13-19(23(24,25)26)21(29-22)17-5-4-16-10-11-30(3)20(16)12-17/h4-14H,1-3H3,(H,27,28,29). The van der Waals surface area contributed by atoms with Gasteiger partial charge in [0.1, 0.15) is 5.56 Å². The summed E-state index contributed by atoms with van der Waals surface area (Å²) in [6.45, 7) is 4.19. The summed E-state index contributed by atoms with van der Waals surface area (Å²) >= 11 is 0. The SMILES string of the molecule is CC(C)c1ccc(Nc2ncc(C(F)(F)F)c(-c3ccc4ccn(C)c4c3)n2)cc1. The summed E-state index contributed by atoms with van der Waals surface area (Å²) in [7, 11) is 1.85. The molecule has 2 aromatic heterocycles. The molecule has 7 heteroatoms. The number of halogens is 3. The van der Waals surface area contributed by atoms with E-state index in [4.69, 9.17) is 0 Å². The molecule has 0 unspecified atom stereocenters. The minimum absolute atomic E-state index is 0.113. The van der Waals surface area contributed by atoms with Crippen molar-refractivity contribution in [2.75, 3.05) is 5.32 Å². The topological polar surface area (TPSA) is 42.7 Å². The van der Waals surface area contributed by atoms with Crippen molar-refractivity contribution in [2.24, 2.45) is 7.05 Å².